The minimum Gasteiger partial charge on any atom is -0.493 e. The first-order valence-corrected chi connectivity index (χ1v) is 9.50. The van der Waals surface area contributed by atoms with Crippen LogP contribution in [0.15, 0.2) is 66.7 Å². The number of anilines is 2. The van der Waals surface area contributed by atoms with Gasteiger partial charge in [-0.1, -0.05) is 23.8 Å². The minimum atomic E-state index is -0.297. The van der Waals surface area contributed by atoms with Gasteiger partial charge in [-0.15, -0.1) is 0 Å². The highest BCUT2D eigenvalue weighted by atomic mass is 16.5. The second kappa shape index (κ2) is 9.60. The molecule has 154 valence electrons. The molecule has 0 bridgehead atoms. The van der Waals surface area contributed by atoms with Crippen molar-refractivity contribution < 1.29 is 19.1 Å². The lowest BCUT2D eigenvalue weighted by Crippen LogP contribution is -2.20. The van der Waals surface area contributed by atoms with Crippen molar-refractivity contribution in [3.63, 3.8) is 0 Å². The van der Waals surface area contributed by atoms with Crippen molar-refractivity contribution >= 4 is 23.2 Å². The smallest absolute Gasteiger partial charge is 0.262 e. The van der Waals surface area contributed by atoms with Gasteiger partial charge in [0.2, 0.25) is 0 Å². The van der Waals surface area contributed by atoms with Crippen LogP contribution in [0.4, 0.5) is 11.4 Å². The first-order chi connectivity index (χ1) is 14.4. The van der Waals surface area contributed by atoms with Gasteiger partial charge in [-0.05, 0) is 67.9 Å². The van der Waals surface area contributed by atoms with E-state index in [1.807, 2.05) is 44.2 Å². The van der Waals surface area contributed by atoms with Gasteiger partial charge in [0.25, 0.3) is 11.8 Å². The van der Waals surface area contributed by atoms with Gasteiger partial charge in [0.1, 0.15) is 0 Å². The number of hydrogen-bond donors (Lipinski definition) is 2. The van der Waals surface area contributed by atoms with Crippen LogP contribution in [0, 0.1) is 13.8 Å². The lowest BCUT2D eigenvalue weighted by Gasteiger charge is -2.12. The number of carbonyl (C=O) groups excluding carboxylic acids is 2. The van der Waals surface area contributed by atoms with Crippen LogP contribution in [0.3, 0.4) is 0 Å². The van der Waals surface area contributed by atoms with Gasteiger partial charge in [-0.25, -0.2) is 0 Å². The number of methoxy groups -OCH3 is 1. The molecule has 0 aliphatic carbocycles. The molecule has 2 N–H and O–H groups in total. The SMILES string of the molecule is COc1cc(C)ccc1OCC(=O)Nc1ccc(NC(=O)c2cccc(C)c2)cc1. The molecular weight excluding hydrogens is 380 g/mol. The molecular formula is C24H24N2O4. The average molecular weight is 404 g/mol. The number of rotatable bonds is 7. The molecule has 6 heteroatoms. The van der Waals surface area contributed by atoms with E-state index in [0.29, 0.717) is 28.4 Å². The van der Waals surface area contributed by atoms with Gasteiger partial charge < -0.3 is 20.1 Å². The zero-order valence-electron chi connectivity index (χ0n) is 17.2. The third kappa shape index (κ3) is 5.61. The second-order valence-electron chi connectivity index (χ2n) is 6.89. The molecule has 0 radical (unpaired) electrons. The summed E-state index contributed by atoms with van der Waals surface area (Å²) in [7, 11) is 1.56. The van der Waals surface area contributed by atoms with E-state index < -0.39 is 0 Å². The molecule has 2 amide bonds. The van der Waals surface area contributed by atoms with Crippen LogP contribution in [-0.2, 0) is 4.79 Å². The summed E-state index contributed by atoms with van der Waals surface area (Å²) < 4.78 is 10.8. The summed E-state index contributed by atoms with van der Waals surface area (Å²) in [6.07, 6.45) is 0. The van der Waals surface area contributed by atoms with Gasteiger partial charge >= 0.3 is 0 Å². The summed E-state index contributed by atoms with van der Waals surface area (Å²) in [5.74, 6) is 0.606. The molecule has 0 saturated heterocycles. The van der Waals surface area contributed by atoms with Crippen LogP contribution in [0.25, 0.3) is 0 Å². The first-order valence-electron chi connectivity index (χ1n) is 9.50. The highest BCUT2D eigenvalue weighted by Gasteiger charge is 2.09. The molecule has 3 rings (SSSR count). The average Bonchev–Trinajstić information content (AvgIpc) is 2.74. The Morgan fingerprint density at radius 3 is 2.13 bits per heavy atom. The molecule has 0 heterocycles. The summed E-state index contributed by atoms with van der Waals surface area (Å²) in [6, 6.07) is 19.8. The summed E-state index contributed by atoms with van der Waals surface area (Å²) >= 11 is 0. The van der Waals surface area contributed by atoms with Crippen molar-refractivity contribution in [1.82, 2.24) is 0 Å². The lowest BCUT2D eigenvalue weighted by atomic mass is 10.1. The summed E-state index contributed by atoms with van der Waals surface area (Å²) in [5.41, 5.74) is 3.90. The molecule has 0 saturated carbocycles. The maximum atomic E-state index is 12.3. The maximum absolute atomic E-state index is 12.3. The van der Waals surface area contributed by atoms with Crippen molar-refractivity contribution in [3.8, 4) is 11.5 Å². The Kier molecular flexibility index (Phi) is 6.70. The molecule has 0 fully saturated rings. The van der Waals surface area contributed by atoms with E-state index in [-0.39, 0.29) is 18.4 Å². The fourth-order valence-electron chi connectivity index (χ4n) is 2.86. The normalized spacial score (nSPS) is 10.2. The van der Waals surface area contributed by atoms with Gasteiger partial charge in [-0.2, -0.15) is 0 Å². The molecule has 0 aliphatic rings. The standard InChI is InChI=1S/C24H24N2O4/c1-16-5-4-6-18(13-16)24(28)26-20-10-8-19(9-11-20)25-23(27)15-30-21-12-7-17(2)14-22(21)29-3/h4-14H,15H2,1-3H3,(H,25,27)(H,26,28). The number of nitrogens with one attached hydrogen (secondary N) is 2. The number of hydrogen-bond acceptors (Lipinski definition) is 4. The highest BCUT2D eigenvalue weighted by molar-refractivity contribution is 6.04. The minimum absolute atomic E-state index is 0.148. The Morgan fingerprint density at radius 1 is 0.800 bits per heavy atom. The van der Waals surface area contributed by atoms with Gasteiger partial charge in [0.15, 0.2) is 18.1 Å². The van der Waals surface area contributed by atoms with E-state index in [4.69, 9.17) is 9.47 Å². The topological polar surface area (TPSA) is 76.7 Å². The maximum Gasteiger partial charge on any atom is 0.262 e. The number of benzene rings is 3. The van der Waals surface area contributed by atoms with E-state index >= 15 is 0 Å². The van der Waals surface area contributed by atoms with Gasteiger partial charge in [0, 0.05) is 16.9 Å². The van der Waals surface area contributed by atoms with Crippen molar-refractivity contribution in [1.29, 1.82) is 0 Å². The fraction of sp³-hybridized carbons (Fsp3) is 0.167. The van der Waals surface area contributed by atoms with E-state index in [1.54, 1.807) is 43.5 Å². The lowest BCUT2D eigenvalue weighted by molar-refractivity contribution is -0.118. The molecule has 0 unspecified atom stereocenters. The molecule has 3 aromatic carbocycles. The third-order valence-corrected chi connectivity index (χ3v) is 4.38. The molecule has 0 aliphatic heterocycles. The Hall–Kier alpha value is -3.80. The molecule has 0 aromatic heterocycles. The first kappa shape index (κ1) is 20.9. The number of aryl methyl sites for hydroxylation is 2. The molecule has 6 nitrogen and oxygen atoms in total. The van der Waals surface area contributed by atoms with Crippen molar-refractivity contribution in [2.24, 2.45) is 0 Å². The number of carbonyl (C=O) groups is 2. The largest absolute Gasteiger partial charge is 0.493 e. The highest BCUT2D eigenvalue weighted by Crippen LogP contribution is 2.27. The van der Waals surface area contributed by atoms with Gasteiger partial charge in [0.05, 0.1) is 7.11 Å². The fourth-order valence-corrected chi connectivity index (χ4v) is 2.86. The van der Waals surface area contributed by atoms with Crippen LogP contribution in [0.5, 0.6) is 11.5 Å². The predicted molar refractivity (Wildman–Crippen MR) is 117 cm³/mol. The zero-order chi connectivity index (χ0) is 21.5. The molecule has 0 atom stereocenters. The number of ether oxygens (including phenoxy) is 2. The van der Waals surface area contributed by atoms with E-state index in [1.165, 1.54) is 0 Å². The Morgan fingerprint density at radius 2 is 1.47 bits per heavy atom. The quantitative estimate of drug-likeness (QED) is 0.604. The van der Waals surface area contributed by atoms with Crippen molar-refractivity contribution in [2.75, 3.05) is 24.4 Å². The monoisotopic (exact) mass is 404 g/mol. The Labute approximate surface area is 175 Å². The second-order valence-corrected chi connectivity index (χ2v) is 6.89. The predicted octanol–water partition coefficient (Wildman–Crippen LogP) is 4.58. The zero-order valence-corrected chi connectivity index (χ0v) is 17.2. The Bertz CT molecular complexity index is 1050. The van der Waals surface area contributed by atoms with E-state index in [2.05, 4.69) is 10.6 Å². The van der Waals surface area contributed by atoms with Crippen LogP contribution in [0.1, 0.15) is 21.5 Å². The molecule has 3 aromatic rings. The van der Waals surface area contributed by atoms with E-state index in [0.717, 1.165) is 11.1 Å². The summed E-state index contributed by atoms with van der Waals surface area (Å²) in [5, 5.41) is 5.60. The van der Waals surface area contributed by atoms with Crippen molar-refractivity contribution in [2.45, 2.75) is 13.8 Å². The summed E-state index contributed by atoms with van der Waals surface area (Å²) in [6.45, 7) is 3.74. The van der Waals surface area contributed by atoms with Crippen molar-refractivity contribution in [3.05, 3.63) is 83.4 Å². The van der Waals surface area contributed by atoms with Crippen LogP contribution in [0.2, 0.25) is 0 Å². The molecule has 0 spiro atoms. The van der Waals surface area contributed by atoms with E-state index in [9.17, 15) is 9.59 Å². The molecule has 30 heavy (non-hydrogen) atoms. The number of amides is 2. The van der Waals surface area contributed by atoms with Gasteiger partial charge in [-0.3, -0.25) is 9.59 Å². The Balaban J connectivity index is 1.54. The van der Waals surface area contributed by atoms with Crippen LogP contribution in [-0.4, -0.2) is 25.5 Å². The van der Waals surface area contributed by atoms with Crippen LogP contribution < -0.4 is 20.1 Å². The summed E-state index contributed by atoms with van der Waals surface area (Å²) in [4.78, 5) is 24.5. The van der Waals surface area contributed by atoms with Crippen LogP contribution >= 0.6 is 0 Å². The third-order valence-electron chi connectivity index (χ3n) is 4.38.